The minimum Gasteiger partial charge on any atom is -0.384 e. The lowest BCUT2D eigenvalue weighted by Gasteiger charge is -2.33. The quantitative estimate of drug-likeness (QED) is 0.502. The van der Waals surface area contributed by atoms with Gasteiger partial charge in [0.2, 0.25) is 0 Å². The van der Waals surface area contributed by atoms with Gasteiger partial charge in [-0.15, -0.1) is 0 Å². The van der Waals surface area contributed by atoms with Gasteiger partial charge in [-0.05, 0) is 30.2 Å². The van der Waals surface area contributed by atoms with Gasteiger partial charge in [-0.3, -0.25) is 0 Å². The van der Waals surface area contributed by atoms with Crippen molar-refractivity contribution in [3.63, 3.8) is 0 Å². The van der Waals surface area contributed by atoms with Crippen molar-refractivity contribution in [1.29, 1.82) is 0 Å². The van der Waals surface area contributed by atoms with Crippen molar-refractivity contribution in [3.8, 4) is 11.8 Å². The molecule has 0 heterocycles. The van der Waals surface area contributed by atoms with E-state index in [4.69, 9.17) is 0 Å². The van der Waals surface area contributed by atoms with Crippen LogP contribution in [-0.4, -0.2) is 11.7 Å². The first-order valence-electron chi connectivity index (χ1n) is 11.9. The topological polar surface area (TPSA) is 24.7 Å². The molecule has 4 rings (SSSR count). The molecule has 0 aromatic heterocycles. The second-order valence-corrected chi connectivity index (χ2v) is 9.05. The molecule has 164 valence electrons. The zero-order valence-corrected chi connectivity index (χ0v) is 18.8. The number of nitrogens with one attached hydrogen (secondary N) is 1. The summed E-state index contributed by atoms with van der Waals surface area (Å²) in [5, 5.41) is 11.7. The first-order valence-corrected chi connectivity index (χ1v) is 11.9. The summed E-state index contributed by atoms with van der Waals surface area (Å²) >= 11 is 0. The van der Waals surface area contributed by atoms with E-state index in [1.165, 1.54) is 28.9 Å². The Kier molecular flexibility index (Phi) is 7.77. The largest absolute Gasteiger partial charge is 0.384 e. The molecule has 1 aliphatic rings. The molecule has 1 aliphatic carbocycles. The van der Waals surface area contributed by atoms with Crippen molar-refractivity contribution in [1.82, 2.24) is 0 Å². The zero-order chi connectivity index (χ0) is 22.1. The summed E-state index contributed by atoms with van der Waals surface area (Å²) in [6.07, 6.45) is 5.10. The van der Waals surface area contributed by atoms with E-state index in [0.717, 1.165) is 38.0 Å². The number of benzene rings is 3. The minimum atomic E-state index is -0.843. The highest BCUT2D eigenvalue weighted by molar-refractivity contribution is 5.26. The van der Waals surface area contributed by atoms with Crippen molar-refractivity contribution < 1.29 is 10.0 Å². The minimum absolute atomic E-state index is 0.302. The van der Waals surface area contributed by atoms with Crippen LogP contribution in [0.3, 0.4) is 0 Å². The summed E-state index contributed by atoms with van der Waals surface area (Å²) in [7, 11) is 0. The Labute approximate surface area is 192 Å². The summed E-state index contributed by atoms with van der Waals surface area (Å²) in [6.45, 7) is 2.64. The fraction of sp³-hybridized carbons (Fsp3) is 0.333. The van der Waals surface area contributed by atoms with Gasteiger partial charge in [-0.1, -0.05) is 110 Å². The Hall–Kier alpha value is -2.86. The van der Waals surface area contributed by atoms with Gasteiger partial charge < -0.3 is 10.0 Å². The van der Waals surface area contributed by atoms with E-state index in [9.17, 15) is 5.11 Å². The van der Waals surface area contributed by atoms with Gasteiger partial charge in [0.25, 0.3) is 0 Å². The molecule has 32 heavy (non-hydrogen) atoms. The van der Waals surface area contributed by atoms with Gasteiger partial charge in [0.1, 0.15) is 25.2 Å². The molecule has 1 atom stereocenters. The first kappa shape index (κ1) is 22.3. The Morgan fingerprint density at radius 2 is 1.22 bits per heavy atom. The normalized spacial score (nSPS) is 15.8. The molecule has 3 aromatic carbocycles. The molecular formula is C30H34NO+. The summed E-state index contributed by atoms with van der Waals surface area (Å²) in [5.74, 6) is 7.11. The molecule has 0 saturated heterocycles. The monoisotopic (exact) mass is 424 g/mol. The van der Waals surface area contributed by atoms with Gasteiger partial charge in [0, 0.05) is 17.5 Å². The predicted molar refractivity (Wildman–Crippen MR) is 131 cm³/mol. The predicted octanol–water partition coefficient (Wildman–Crippen LogP) is 4.74. The van der Waals surface area contributed by atoms with Crippen LogP contribution in [-0.2, 0) is 18.7 Å². The fourth-order valence-corrected chi connectivity index (χ4v) is 4.95. The molecule has 1 unspecified atom stereocenters. The smallest absolute Gasteiger partial charge is 0.139 e. The van der Waals surface area contributed by atoms with E-state index in [-0.39, 0.29) is 0 Å². The lowest BCUT2D eigenvalue weighted by molar-refractivity contribution is -0.920. The molecule has 3 aromatic rings. The van der Waals surface area contributed by atoms with E-state index >= 15 is 0 Å². The van der Waals surface area contributed by atoms with Crippen LogP contribution in [0.5, 0.6) is 0 Å². The number of quaternary nitrogens is 1. The second-order valence-electron chi connectivity index (χ2n) is 9.05. The third-order valence-electron chi connectivity index (χ3n) is 6.72. The Morgan fingerprint density at radius 3 is 1.75 bits per heavy atom. The van der Waals surface area contributed by atoms with E-state index in [0.29, 0.717) is 12.3 Å². The highest BCUT2D eigenvalue weighted by Crippen LogP contribution is 2.42. The van der Waals surface area contributed by atoms with Crippen LogP contribution in [0.15, 0.2) is 91.0 Å². The SMILES string of the molecule is OC(CC#CC[NH+](Cc1ccccc1)Cc1ccccc1)(c1ccccc1)C1CCCC1. The van der Waals surface area contributed by atoms with Crippen LogP contribution in [0, 0.1) is 17.8 Å². The molecule has 2 nitrogen and oxygen atoms in total. The van der Waals surface area contributed by atoms with Crippen LogP contribution in [0.1, 0.15) is 48.8 Å². The molecule has 0 amide bonds. The van der Waals surface area contributed by atoms with Crippen molar-refractivity contribution >= 4 is 0 Å². The highest BCUT2D eigenvalue weighted by atomic mass is 16.3. The Balaban J connectivity index is 1.47. The average molecular weight is 425 g/mol. The lowest BCUT2D eigenvalue weighted by atomic mass is 9.78. The molecule has 0 bridgehead atoms. The van der Waals surface area contributed by atoms with Gasteiger partial charge in [0.05, 0.1) is 0 Å². The second kappa shape index (κ2) is 11.1. The summed E-state index contributed by atoms with van der Waals surface area (Å²) in [5.41, 5.74) is 2.82. The number of rotatable bonds is 8. The van der Waals surface area contributed by atoms with Crippen LogP contribution >= 0.6 is 0 Å². The standard InChI is InChI=1S/C30H33NO/c32-30(29-20-10-11-21-29,28-18-8-3-9-19-28)22-12-13-23-31(24-26-14-4-1-5-15-26)25-27-16-6-2-7-17-27/h1-9,14-19,29,32H,10-11,20-25H2/p+1. The van der Waals surface area contributed by atoms with Gasteiger partial charge >= 0.3 is 0 Å². The van der Waals surface area contributed by atoms with E-state index in [1.54, 1.807) is 0 Å². The fourth-order valence-electron chi connectivity index (χ4n) is 4.95. The molecule has 0 aliphatic heterocycles. The first-order chi connectivity index (χ1) is 15.7. The maximum atomic E-state index is 11.7. The van der Waals surface area contributed by atoms with Gasteiger partial charge in [-0.2, -0.15) is 0 Å². The molecule has 1 saturated carbocycles. The number of aliphatic hydroxyl groups is 1. The summed E-state index contributed by atoms with van der Waals surface area (Å²) < 4.78 is 0. The molecular weight excluding hydrogens is 390 g/mol. The Bertz CT molecular complexity index is 959. The van der Waals surface area contributed by atoms with Crippen LogP contribution in [0.25, 0.3) is 0 Å². The number of hydrogen-bond acceptors (Lipinski definition) is 1. The van der Waals surface area contributed by atoms with E-state index in [2.05, 4.69) is 84.6 Å². The van der Waals surface area contributed by atoms with Crippen molar-refractivity contribution in [2.75, 3.05) is 6.54 Å². The molecule has 0 radical (unpaired) electrons. The maximum Gasteiger partial charge on any atom is 0.139 e. The molecule has 2 N–H and O–H groups in total. The zero-order valence-electron chi connectivity index (χ0n) is 18.8. The Morgan fingerprint density at radius 1 is 0.719 bits per heavy atom. The summed E-state index contributed by atoms with van der Waals surface area (Å²) in [4.78, 5) is 1.42. The van der Waals surface area contributed by atoms with Crippen LogP contribution < -0.4 is 4.90 Å². The van der Waals surface area contributed by atoms with Gasteiger partial charge in [-0.25, -0.2) is 0 Å². The van der Waals surface area contributed by atoms with Crippen molar-refractivity contribution in [3.05, 3.63) is 108 Å². The van der Waals surface area contributed by atoms with E-state index < -0.39 is 5.60 Å². The average Bonchev–Trinajstić information content (AvgIpc) is 3.39. The highest BCUT2D eigenvalue weighted by Gasteiger charge is 2.39. The lowest BCUT2D eigenvalue weighted by Crippen LogP contribution is -3.09. The van der Waals surface area contributed by atoms with E-state index in [1.807, 2.05) is 18.2 Å². The summed E-state index contributed by atoms with van der Waals surface area (Å²) in [6, 6.07) is 31.4. The third-order valence-corrected chi connectivity index (χ3v) is 6.72. The maximum absolute atomic E-state index is 11.7. The van der Waals surface area contributed by atoms with Crippen LogP contribution in [0.2, 0.25) is 0 Å². The van der Waals surface area contributed by atoms with Gasteiger partial charge in [0.15, 0.2) is 0 Å². The molecule has 1 fully saturated rings. The third kappa shape index (κ3) is 5.88. The number of hydrogen-bond donors (Lipinski definition) is 2. The van der Waals surface area contributed by atoms with Crippen LogP contribution in [0.4, 0.5) is 0 Å². The molecule has 2 heteroatoms. The van der Waals surface area contributed by atoms with Crippen molar-refractivity contribution in [2.24, 2.45) is 5.92 Å². The van der Waals surface area contributed by atoms with Crippen molar-refractivity contribution in [2.45, 2.75) is 50.8 Å². The molecule has 0 spiro atoms.